The second-order valence-electron chi connectivity index (χ2n) is 9.89. The molecule has 2 aromatic rings. The van der Waals surface area contributed by atoms with Gasteiger partial charge in [0.05, 0.1) is 13.2 Å². The van der Waals surface area contributed by atoms with Crippen LogP contribution in [0, 0.1) is 5.41 Å². The monoisotopic (exact) mass is 488 g/mol. The number of carbonyl (C=O) groups excluding carboxylic acids is 2. The van der Waals surface area contributed by atoms with Crippen LogP contribution in [-0.4, -0.2) is 46.6 Å². The van der Waals surface area contributed by atoms with E-state index in [9.17, 15) is 19.8 Å². The molecule has 2 saturated carbocycles. The highest BCUT2D eigenvalue weighted by molar-refractivity contribution is 6.05. The molecule has 36 heavy (non-hydrogen) atoms. The highest BCUT2D eigenvalue weighted by Crippen LogP contribution is 2.64. The van der Waals surface area contributed by atoms with Crippen molar-refractivity contribution in [1.29, 1.82) is 0 Å². The van der Waals surface area contributed by atoms with Crippen molar-refractivity contribution in [2.24, 2.45) is 5.41 Å². The quantitative estimate of drug-likeness (QED) is 0.461. The average molecular weight is 489 g/mol. The molecule has 3 aliphatic rings. The number of hydrogen-bond acceptors (Lipinski definition) is 6. The summed E-state index contributed by atoms with van der Waals surface area (Å²) < 4.78 is 10.8. The first-order valence-corrected chi connectivity index (χ1v) is 12.7. The highest BCUT2D eigenvalue weighted by Gasteiger charge is 2.65. The largest absolute Gasteiger partial charge is 0.465 e. The number of ether oxygens (including phenoxy) is 2. The zero-order chi connectivity index (χ0) is 25.6. The summed E-state index contributed by atoms with van der Waals surface area (Å²) in [5.74, 6) is -1.27. The number of allylic oxidation sites excluding steroid dienone is 2. The number of aliphatic hydroxyl groups is 2. The SMILES string of the molecule is CCOC(=O)C1(C(=O)OCC)CC2=C(c3ccccc3)[C@]3(O)CCC[C@]3(O)C(c3ccccc3)=C2C1. The predicted molar refractivity (Wildman–Crippen MR) is 135 cm³/mol. The van der Waals surface area contributed by atoms with Crippen LogP contribution < -0.4 is 0 Å². The van der Waals surface area contributed by atoms with Gasteiger partial charge in [-0.3, -0.25) is 9.59 Å². The van der Waals surface area contributed by atoms with Crippen LogP contribution in [0.3, 0.4) is 0 Å². The van der Waals surface area contributed by atoms with Gasteiger partial charge in [-0.1, -0.05) is 60.7 Å². The first kappa shape index (κ1) is 24.5. The minimum absolute atomic E-state index is 0.0406. The molecule has 0 aliphatic heterocycles. The van der Waals surface area contributed by atoms with E-state index in [2.05, 4.69) is 0 Å². The van der Waals surface area contributed by atoms with Crippen molar-refractivity contribution in [2.45, 2.75) is 57.2 Å². The summed E-state index contributed by atoms with van der Waals surface area (Å²) in [7, 11) is 0. The van der Waals surface area contributed by atoms with Gasteiger partial charge in [0.25, 0.3) is 0 Å². The third-order valence-electron chi connectivity index (χ3n) is 7.97. The van der Waals surface area contributed by atoms with Gasteiger partial charge in [0.2, 0.25) is 0 Å². The van der Waals surface area contributed by atoms with Gasteiger partial charge in [-0.05, 0) is 66.5 Å². The maximum atomic E-state index is 13.4. The Morgan fingerprint density at radius 3 is 1.47 bits per heavy atom. The molecule has 6 heteroatoms. The molecule has 3 aliphatic carbocycles. The summed E-state index contributed by atoms with van der Waals surface area (Å²) >= 11 is 0. The summed E-state index contributed by atoms with van der Waals surface area (Å²) in [6, 6.07) is 18.9. The molecule has 0 saturated heterocycles. The van der Waals surface area contributed by atoms with Crippen molar-refractivity contribution in [3.63, 3.8) is 0 Å². The molecule has 0 spiro atoms. The fourth-order valence-electron chi connectivity index (χ4n) is 6.48. The third-order valence-corrected chi connectivity index (χ3v) is 7.97. The molecule has 2 N–H and O–H groups in total. The van der Waals surface area contributed by atoms with E-state index in [0.29, 0.717) is 30.4 Å². The molecule has 0 unspecified atom stereocenters. The van der Waals surface area contributed by atoms with E-state index in [1.165, 1.54) is 0 Å². The van der Waals surface area contributed by atoms with Crippen molar-refractivity contribution >= 4 is 23.1 Å². The smallest absolute Gasteiger partial charge is 0.324 e. The number of benzene rings is 2. The summed E-state index contributed by atoms with van der Waals surface area (Å²) in [6.07, 6.45) is 1.46. The van der Waals surface area contributed by atoms with E-state index in [4.69, 9.17) is 9.47 Å². The third kappa shape index (κ3) is 3.39. The lowest BCUT2D eigenvalue weighted by Crippen LogP contribution is -2.53. The molecule has 2 fully saturated rings. The number of rotatable bonds is 6. The lowest BCUT2D eigenvalue weighted by molar-refractivity contribution is -0.171. The first-order chi connectivity index (χ1) is 17.3. The van der Waals surface area contributed by atoms with E-state index in [1.54, 1.807) is 13.8 Å². The van der Waals surface area contributed by atoms with Crippen LogP contribution in [0.4, 0.5) is 0 Å². The van der Waals surface area contributed by atoms with Crippen LogP contribution in [0.5, 0.6) is 0 Å². The topological polar surface area (TPSA) is 93.1 Å². The van der Waals surface area contributed by atoms with Crippen molar-refractivity contribution in [3.8, 4) is 0 Å². The molecule has 2 atom stereocenters. The van der Waals surface area contributed by atoms with E-state index in [-0.39, 0.29) is 26.1 Å². The Bertz CT molecular complexity index is 1150. The Balaban J connectivity index is 1.86. The van der Waals surface area contributed by atoms with Gasteiger partial charge in [0.15, 0.2) is 5.41 Å². The lowest BCUT2D eigenvalue weighted by atomic mass is 9.64. The second kappa shape index (κ2) is 9.02. The molecular formula is C30H32O6. The normalized spacial score (nSPS) is 26.4. The van der Waals surface area contributed by atoms with E-state index in [0.717, 1.165) is 22.3 Å². The highest BCUT2D eigenvalue weighted by atomic mass is 16.6. The zero-order valence-electron chi connectivity index (χ0n) is 20.8. The molecule has 2 aromatic carbocycles. The fraction of sp³-hybridized carbons (Fsp3) is 0.400. The number of hydrogen-bond donors (Lipinski definition) is 2. The summed E-state index contributed by atoms with van der Waals surface area (Å²) in [5, 5.41) is 24.7. The number of esters is 2. The van der Waals surface area contributed by atoms with Crippen LogP contribution in [0.2, 0.25) is 0 Å². The van der Waals surface area contributed by atoms with Gasteiger partial charge >= 0.3 is 11.9 Å². The summed E-state index contributed by atoms with van der Waals surface area (Å²) in [6.45, 7) is 3.67. The average Bonchev–Trinajstić information content (AvgIpc) is 3.41. The van der Waals surface area contributed by atoms with Crippen molar-refractivity contribution in [2.75, 3.05) is 13.2 Å². The molecule has 0 bridgehead atoms. The van der Waals surface area contributed by atoms with Crippen LogP contribution in [0.25, 0.3) is 11.1 Å². The van der Waals surface area contributed by atoms with Gasteiger partial charge in [0, 0.05) is 12.8 Å². The molecule has 188 valence electrons. The van der Waals surface area contributed by atoms with E-state index in [1.807, 2.05) is 60.7 Å². The Morgan fingerprint density at radius 1 is 0.722 bits per heavy atom. The van der Waals surface area contributed by atoms with Gasteiger partial charge in [-0.25, -0.2) is 0 Å². The van der Waals surface area contributed by atoms with Crippen LogP contribution in [0.15, 0.2) is 71.8 Å². The molecular weight excluding hydrogens is 456 g/mol. The van der Waals surface area contributed by atoms with Crippen molar-refractivity contribution in [1.82, 2.24) is 0 Å². The van der Waals surface area contributed by atoms with Crippen molar-refractivity contribution in [3.05, 3.63) is 82.9 Å². The zero-order valence-corrected chi connectivity index (χ0v) is 20.8. The van der Waals surface area contributed by atoms with Crippen LogP contribution >= 0.6 is 0 Å². The van der Waals surface area contributed by atoms with Gasteiger partial charge < -0.3 is 19.7 Å². The Labute approximate surface area is 211 Å². The Kier molecular flexibility index (Phi) is 6.13. The first-order valence-electron chi connectivity index (χ1n) is 12.7. The molecule has 0 heterocycles. The molecule has 0 radical (unpaired) electrons. The standard InChI is InChI=1S/C30H32O6/c1-3-35-26(31)28(27(32)36-4-2)18-22-23(19-28)25(21-14-9-6-10-15-21)30(34)17-11-16-29(30,33)24(22)20-12-7-5-8-13-20/h5-10,12-15,33-34H,3-4,11,16-19H2,1-2H3/t29-,30+. The second-order valence-corrected chi connectivity index (χ2v) is 9.89. The van der Waals surface area contributed by atoms with Gasteiger partial charge in [0.1, 0.15) is 11.2 Å². The predicted octanol–water partition coefficient (Wildman–Crippen LogP) is 4.46. The van der Waals surface area contributed by atoms with Crippen molar-refractivity contribution < 1.29 is 29.3 Å². The fourth-order valence-corrected chi connectivity index (χ4v) is 6.48. The van der Waals surface area contributed by atoms with Crippen LogP contribution in [0.1, 0.15) is 57.1 Å². The van der Waals surface area contributed by atoms with E-state index < -0.39 is 28.6 Å². The maximum absolute atomic E-state index is 13.4. The number of carbonyl (C=O) groups is 2. The number of fused-ring (bicyclic) bond motifs is 2. The molecule has 6 nitrogen and oxygen atoms in total. The van der Waals surface area contributed by atoms with Gasteiger partial charge in [-0.15, -0.1) is 0 Å². The van der Waals surface area contributed by atoms with E-state index >= 15 is 0 Å². The molecule has 0 amide bonds. The molecule has 0 aromatic heterocycles. The minimum Gasteiger partial charge on any atom is -0.465 e. The minimum atomic E-state index is -1.58. The summed E-state index contributed by atoms with van der Waals surface area (Å²) in [5.41, 5.74) is -0.573. The Morgan fingerprint density at radius 2 is 1.11 bits per heavy atom. The Hall–Kier alpha value is -3.22. The maximum Gasteiger partial charge on any atom is 0.324 e. The summed E-state index contributed by atoms with van der Waals surface area (Å²) in [4.78, 5) is 26.9. The van der Waals surface area contributed by atoms with Crippen LogP contribution in [-0.2, 0) is 19.1 Å². The van der Waals surface area contributed by atoms with Gasteiger partial charge in [-0.2, -0.15) is 0 Å². The molecule has 5 rings (SSSR count). The lowest BCUT2D eigenvalue weighted by Gasteiger charge is -2.47.